The molecule has 1 rings (SSSR count). The van der Waals surface area contributed by atoms with Gasteiger partial charge in [-0.3, -0.25) is 4.79 Å². The van der Waals surface area contributed by atoms with Gasteiger partial charge in [0, 0.05) is 13.6 Å². The first kappa shape index (κ1) is 15.9. The van der Waals surface area contributed by atoms with Gasteiger partial charge in [-0.05, 0) is 24.6 Å². The first-order valence-corrected chi connectivity index (χ1v) is 6.31. The van der Waals surface area contributed by atoms with Crippen LogP contribution in [0.4, 0.5) is 9.18 Å². The molecular weight excluding hydrogens is 263 g/mol. The lowest BCUT2D eigenvalue weighted by molar-refractivity contribution is -0.141. The summed E-state index contributed by atoms with van der Waals surface area (Å²) in [6.45, 7) is 3.38. The van der Waals surface area contributed by atoms with E-state index in [2.05, 4.69) is 5.32 Å². The highest BCUT2D eigenvalue weighted by molar-refractivity contribution is 5.76. The molecule has 2 N–H and O–H groups in total. The van der Waals surface area contributed by atoms with Crippen molar-refractivity contribution in [2.45, 2.75) is 19.9 Å². The zero-order valence-electron chi connectivity index (χ0n) is 11.8. The molecule has 20 heavy (non-hydrogen) atoms. The minimum absolute atomic E-state index is 0.108. The number of aliphatic carboxylic acids is 1. The second-order valence-corrected chi connectivity index (χ2v) is 4.85. The maximum absolute atomic E-state index is 13.1. The quantitative estimate of drug-likeness (QED) is 0.870. The number of benzene rings is 1. The van der Waals surface area contributed by atoms with E-state index in [9.17, 15) is 14.0 Å². The highest BCUT2D eigenvalue weighted by atomic mass is 19.1. The van der Waals surface area contributed by atoms with Crippen LogP contribution < -0.4 is 5.32 Å². The van der Waals surface area contributed by atoms with Gasteiger partial charge in [0.2, 0.25) is 0 Å². The molecule has 0 aliphatic rings. The smallest absolute Gasteiger partial charge is 0.317 e. The highest BCUT2D eigenvalue weighted by Gasteiger charge is 2.19. The Hall–Kier alpha value is -2.11. The van der Waals surface area contributed by atoms with Crippen LogP contribution in [0.15, 0.2) is 24.3 Å². The first-order valence-electron chi connectivity index (χ1n) is 6.31. The van der Waals surface area contributed by atoms with Crippen LogP contribution in [0.1, 0.15) is 25.5 Å². The third-order valence-corrected chi connectivity index (χ3v) is 3.00. The van der Waals surface area contributed by atoms with Gasteiger partial charge in [-0.15, -0.1) is 0 Å². The van der Waals surface area contributed by atoms with E-state index in [1.165, 1.54) is 31.0 Å². The summed E-state index contributed by atoms with van der Waals surface area (Å²) in [6.07, 6.45) is 0. The number of nitrogens with zero attached hydrogens (tertiary/aromatic N) is 1. The summed E-state index contributed by atoms with van der Waals surface area (Å²) < 4.78 is 13.1. The molecule has 110 valence electrons. The Morgan fingerprint density at radius 1 is 1.40 bits per heavy atom. The van der Waals surface area contributed by atoms with Crippen molar-refractivity contribution in [2.75, 3.05) is 13.6 Å². The Kier molecular flexibility index (Phi) is 5.49. The number of carboxylic acid groups (broad SMARTS) is 1. The van der Waals surface area contributed by atoms with Gasteiger partial charge in [0.05, 0.1) is 12.0 Å². The topological polar surface area (TPSA) is 69.6 Å². The van der Waals surface area contributed by atoms with Crippen molar-refractivity contribution in [3.63, 3.8) is 0 Å². The minimum Gasteiger partial charge on any atom is -0.481 e. The summed E-state index contributed by atoms with van der Waals surface area (Å²) in [4.78, 5) is 23.9. The molecule has 1 aromatic rings. The van der Waals surface area contributed by atoms with Crippen LogP contribution in [0.3, 0.4) is 0 Å². The summed E-state index contributed by atoms with van der Waals surface area (Å²) >= 11 is 0. The molecular formula is C14H19FN2O3. The molecule has 0 aliphatic heterocycles. The van der Waals surface area contributed by atoms with Gasteiger partial charge in [0.25, 0.3) is 0 Å². The number of halogens is 1. The van der Waals surface area contributed by atoms with Crippen molar-refractivity contribution in [1.82, 2.24) is 10.2 Å². The lowest BCUT2D eigenvalue weighted by atomic mass is 10.1. The maximum Gasteiger partial charge on any atom is 0.317 e. The average Bonchev–Trinajstić information content (AvgIpc) is 2.38. The Labute approximate surface area is 117 Å². The Bertz CT molecular complexity index is 493. The predicted octanol–water partition coefficient (Wildman–Crippen LogP) is 2.25. The van der Waals surface area contributed by atoms with E-state index >= 15 is 0 Å². The molecule has 0 aromatic heterocycles. The van der Waals surface area contributed by atoms with E-state index < -0.39 is 17.9 Å². The summed E-state index contributed by atoms with van der Waals surface area (Å²) in [7, 11) is 1.52. The average molecular weight is 282 g/mol. The third kappa shape index (κ3) is 4.53. The van der Waals surface area contributed by atoms with E-state index in [0.717, 1.165) is 0 Å². The minimum atomic E-state index is -0.956. The molecule has 6 heteroatoms. The molecule has 5 nitrogen and oxygen atoms in total. The molecule has 0 saturated carbocycles. The van der Waals surface area contributed by atoms with Gasteiger partial charge in [-0.2, -0.15) is 0 Å². The normalized spacial score (nSPS) is 13.4. The highest BCUT2D eigenvalue weighted by Crippen LogP contribution is 2.13. The van der Waals surface area contributed by atoms with Crippen molar-refractivity contribution in [2.24, 2.45) is 5.92 Å². The van der Waals surface area contributed by atoms with Crippen molar-refractivity contribution in [1.29, 1.82) is 0 Å². The summed E-state index contributed by atoms with van der Waals surface area (Å²) in [5.74, 6) is -1.96. The van der Waals surface area contributed by atoms with Crippen LogP contribution in [0.5, 0.6) is 0 Å². The largest absolute Gasteiger partial charge is 0.481 e. The van der Waals surface area contributed by atoms with Crippen LogP contribution in [0, 0.1) is 11.7 Å². The molecule has 0 fully saturated rings. The van der Waals surface area contributed by atoms with Crippen molar-refractivity contribution >= 4 is 12.0 Å². The number of rotatable bonds is 5. The van der Waals surface area contributed by atoms with Crippen LogP contribution >= 0.6 is 0 Å². The van der Waals surface area contributed by atoms with Gasteiger partial charge >= 0.3 is 12.0 Å². The van der Waals surface area contributed by atoms with Gasteiger partial charge in [0.1, 0.15) is 5.82 Å². The van der Waals surface area contributed by atoms with E-state index in [1.54, 1.807) is 19.1 Å². The van der Waals surface area contributed by atoms with E-state index in [0.29, 0.717) is 5.56 Å². The van der Waals surface area contributed by atoms with E-state index in [1.807, 2.05) is 0 Å². The fourth-order valence-corrected chi connectivity index (χ4v) is 1.73. The number of amides is 2. The number of hydrogen-bond donors (Lipinski definition) is 2. The number of carbonyl (C=O) groups is 2. The Balaban J connectivity index is 2.59. The maximum atomic E-state index is 13.1. The molecule has 0 heterocycles. The predicted molar refractivity (Wildman–Crippen MR) is 72.8 cm³/mol. The number of urea groups is 1. The van der Waals surface area contributed by atoms with Crippen molar-refractivity contribution < 1.29 is 19.1 Å². The SMILES string of the molecule is CC(CN(C)C(=O)NC(C)c1cccc(F)c1)C(=O)O. The lowest BCUT2D eigenvalue weighted by Crippen LogP contribution is -2.41. The first-order chi connectivity index (χ1) is 9.31. The number of nitrogens with one attached hydrogen (secondary N) is 1. The molecule has 0 bridgehead atoms. The third-order valence-electron chi connectivity index (χ3n) is 3.00. The van der Waals surface area contributed by atoms with Gasteiger partial charge in [-0.1, -0.05) is 19.1 Å². The second-order valence-electron chi connectivity index (χ2n) is 4.85. The fourth-order valence-electron chi connectivity index (χ4n) is 1.73. The Morgan fingerprint density at radius 3 is 2.60 bits per heavy atom. The number of hydrogen-bond acceptors (Lipinski definition) is 2. The van der Waals surface area contributed by atoms with Crippen LogP contribution in [0.2, 0.25) is 0 Å². The Morgan fingerprint density at radius 2 is 2.05 bits per heavy atom. The van der Waals surface area contributed by atoms with Crippen LogP contribution in [-0.4, -0.2) is 35.6 Å². The molecule has 0 radical (unpaired) electrons. The monoisotopic (exact) mass is 282 g/mol. The van der Waals surface area contributed by atoms with Crippen LogP contribution in [0.25, 0.3) is 0 Å². The summed E-state index contributed by atoms with van der Waals surface area (Å²) in [5, 5.41) is 11.5. The molecule has 1 aromatic carbocycles. The molecule has 0 spiro atoms. The molecule has 0 aliphatic carbocycles. The fraction of sp³-hybridized carbons (Fsp3) is 0.429. The summed E-state index contributed by atoms with van der Waals surface area (Å²) in [6, 6.07) is 5.22. The van der Waals surface area contributed by atoms with Crippen molar-refractivity contribution in [3.05, 3.63) is 35.6 Å². The zero-order chi connectivity index (χ0) is 15.3. The van der Waals surface area contributed by atoms with E-state index in [4.69, 9.17) is 5.11 Å². The van der Waals surface area contributed by atoms with E-state index in [-0.39, 0.29) is 18.4 Å². The molecule has 0 saturated heterocycles. The zero-order valence-corrected chi connectivity index (χ0v) is 11.8. The van der Waals surface area contributed by atoms with Gasteiger partial charge in [-0.25, -0.2) is 9.18 Å². The van der Waals surface area contributed by atoms with Gasteiger partial charge in [0.15, 0.2) is 0 Å². The second kappa shape index (κ2) is 6.88. The summed E-state index contributed by atoms with van der Waals surface area (Å²) in [5.41, 5.74) is 0.651. The molecule has 2 amide bonds. The molecule has 2 atom stereocenters. The van der Waals surface area contributed by atoms with Crippen LogP contribution in [-0.2, 0) is 4.79 Å². The number of carbonyl (C=O) groups excluding carboxylic acids is 1. The lowest BCUT2D eigenvalue weighted by Gasteiger charge is -2.23. The number of carboxylic acids is 1. The standard InChI is InChI=1S/C14H19FN2O3/c1-9(13(18)19)8-17(3)14(20)16-10(2)11-5-4-6-12(15)7-11/h4-7,9-10H,8H2,1-3H3,(H,16,20)(H,18,19). The molecule has 2 unspecified atom stereocenters. The van der Waals surface area contributed by atoms with Crippen molar-refractivity contribution in [3.8, 4) is 0 Å². The van der Waals surface area contributed by atoms with Gasteiger partial charge < -0.3 is 15.3 Å².